The third-order valence-corrected chi connectivity index (χ3v) is 3.77. The van der Waals surface area contributed by atoms with Gasteiger partial charge in [-0.05, 0) is 6.26 Å². The fourth-order valence-corrected chi connectivity index (χ4v) is 2.53. The van der Waals surface area contributed by atoms with Crippen LogP contribution in [0.2, 0.25) is 0 Å². The fraction of sp³-hybridized carbons (Fsp3) is 0.500. The summed E-state index contributed by atoms with van der Waals surface area (Å²) in [7, 11) is -4.30. The number of nitrogens with two attached hydrogens (primary N) is 1. The van der Waals surface area contributed by atoms with Gasteiger partial charge in [-0.2, -0.15) is 0 Å². The molecule has 0 saturated carbocycles. The van der Waals surface area contributed by atoms with E-state index in [1.165, 1.54) is 18.1 Å². The second-order valence-corrected chi connectivity index (χ2v) is 6.79. The summed E-state index contributed by atoms with van der Waals surface area (Å²) in [6, 6.07) is 0. The summed E-state index contributed by atoms with van der Waals surface area (Å²) in [5.74, 6) is 0.241. The van der Waals surface area contributed by atoms with Gasteiger partial charge in [0.2, 0.25) is 0 Å². The quantitative estimate of drug-likeness (QED) is 0.296. The first-order valence-electron chi connectivity index (χ1n) is 6.13. The van der Waals surface area contributed by atoms with Gasteiger partial charge in [-0.3, -0.25) is 4.57 Å². The first-order chi connectivity index (χ1) is 10.3. The third kappa shape index (κ3) is 4.15. The minimum atomic E-state index is -4.30. The number of ether oxygens (including phenoxy) is 1. The van der Waals surface area contributed by atoms with Crippen LogP contribution < -0.4 is 5.73 Å². The molecule has 1 atom stereocenters. The van der Waals surface area contributed by atoms with Crippen LogP contribution in [0.25, 0.3) is 11.2 Å². The van der Waals surface area contributed by atoms with Crippen LogP contribution in [0, 0.1) is 0 Å². The molecule has 122 valence electrons. The Balaban J connectivity index is 2.23. The molecule has 22 heavy (non-hydrogen) atoms. The highest BCUT2D eigenvalue weighted by molar-refractivity contribution is 7.98. The molecule has 5 N–H and O–H groups in total. The van der Waals surface area contributed by atoms with Crippen molar-refractivity contribution in [2.45, 2.75) is 17.8 Å². The maximum absolute atomic E-state index is 10.8. The van der Waals surface area contributed by atoms with Gasteiger partial charge < -0.3 is 29.9 Å². The molecule has 0 aliphatic rings. The van der Waals surface area contributed by atoms with Gasteiger partial charge >= 0.3 is 7.60 Å². The lowest BCUT2D eigenvalue weighted by Gasteiger charge is -2.16. The maximum Gasteiger partial charge on any atom is 0.350 e. The average Bonchev–Trinajstić information content (AvgIpc) is 2.85. The summed E-state index contributed by atoms with van der Waals surface area (Å²) < 4.78 is 17.4. The van der Waals surface area contributed by atoms with Crippen LogP contribution in [0.15, 0.2) is 11.5 Å². The van der Waals surface area contributed by atoms with E-state index in [4.69, 9.17) is 20.3 Å². The summed E-state index contributed by atoms with van der Waals surface area (Å²) in [6.07, 6.45) is 1.70. The molecular formula is C10H16N5O5PS. The van der Waals surface area contributed by atoms with Crippen molar-refractivity contribution in [3.05, 3.63) is 6.33 Å². The number of rotatable bonds is 7. The number of hydrogen-bond acceptors (Lipinski definition) is 8. The number of aromatic nitrogens is 4. The SMILES string of the molecule is CSc1nc(N)c2ncn(C[C@@H](CO)OCP(=O)(O)O)c2n1. The van der Waals surface area contributed by atoms with Crippen LogP contribution in [0.3, 0.4) is 0 Å². The van der Waals surface area contributed by atoms with Gasteiger partial charge in [-0.1, -0.05) is 11.8 Å². The topological polar surface area (TPSA) is 157 Å². The molecule has 2 heterocycles. The fourth-order valence-electron chi connectivity index (χ4n) is 1.76. The van der Waals surface area contributed by atoms with Crippen molar-refractivity contribution in [3.63, 3.8) is 0 Å². The summed E-state index contributed by atoms with van der Waals surface area (Å²) >= 11 is 1.32. The average molecular weight is 349 g/mol. The van der Waals surface area contributed by atoms with Crippen LogP contribution in [0.5, 0.6) is 0 Å². The number of nitrogen functional groups attached to an aromatic ring is 1. The van der Waals surface area contributed by atoms with Crippen molar-refractivity contribution in [1.82, 2.24) is 19.5 Å². The molecule has 0 aliphatic carbocycles. The maximum atomic E-state index is 10.8. The highest BCUT2D eigenvalue weighted by Gasteiger charge is 2.19. The lowest BCUT2D eigenvalue weighted by molar-refractivity contribution is 0.0202. The van der Waals surface area contributed by atoms with E-state index in [1.54, 1.807) is 10.8 Å². The van der Waals surface area contributed by atoms with Crippen LogP contribution >= 0.6 is 19.4 Å². The van der Waals surface area contributed by atoms with E-state index in [2.05, 4.69) is 15.0 Å². The van der Waals surface area contributed by atoms with Crippen LogP contribution in [0.4, 0.5) is 5.82 Å². The van der Waals surface area contributed by atoms with Gasteiger partial charge in [0.15, 0.2) is 16.6 Å². The molecule has 0 unspecified atom stereocenters. The van der Waals surface area contributed by atoms with E-state index in [-0.39, 0.29) is 12.4 Å². The molecule has 10 nitrogen and oxygen atoms in total. The van der Waals surface area contributed by atoms with E-state index in [0.29, 0.717) is 16.3 Å². The zero-order valence-electron chi connectivity index (χ0n) is 11.7. The summed E-state index contributed by atoms with van der Waals surface area (Å²) in [6.45, 7) is -0.285. The second kappa shape index (κ2) is 6.90. The van der Waals surface area contributed by atoms with Gasteiger partial charge in [0.1, 0.15) is 11.9 Å². The molecule has 0 aromatic carbocycles. The molecule has 0 bridgehead atoms. The van der Waals surface area contributed by atoms with E-state index in [1.807, 2.05) is 0 Å². The minimum absolute atomic E-state index is 0.122. The number of nitrogens with zero attached hydrogens (tertiary/aromatic N) is 4. The Bertz CT molecular complexity index is 704. The minimum Gasteiger partial charge on any atom is -0.394 e. The smallest absolute Gasteiger partial charge is 0.350 e. The summed E-state index contributed by atoms with van der Waals surface area (Å²) in [4.78, 5) is 30.1. The number of aliphatic hydroxyl groups is 1. The number of hydrogen-bond donors (Lipinski definition) is 4. The van der Waals surface area contributed by atoms with Crippen LogP contribution in [-0.2, 0) is 15.8 Å². The number of fused-ring (bicyclic) bond motifs is 1. The van der Waals surface area contributed by atoms with Gasteiger partial charge in [0.05, 0.1) is 25.6 Å². The zero-order valence-corrected chi connectivity index (χ0v) is 13.4. The highest BCUT2D eigenvalue weighted by atomic mass is 32.2. The van der Waals surface area contributed by atoms with Crippen LogP contribution in [0.1, 0.15) is 0 Å². The Kier molecular flexibility index (Phi) is 5.37. The molecule has 0 spiro atoms. The molecule has 2 aromatic rings. The first-order valence-corrected chi connectivity index (χ1v) is 9.15. The second-order valence-electron chi connectivity index (χ2n) is 4.43. The molecule has 12 heteroatoms. The van der Waals surface area contributed by atoms with Crippen molar-refractivity contribution >= 4 is 36.3 Å². The largest absolute Gasteiger partial charge is 0.394 e. The summed E-state index contributed by atoms with van der Waals surface area (Å²) in [5.41, 5.74) is 6.69. The molecule has 0 aliphatic heterocycles. The predicted molar refractivity (Wildman–Crippen MR) is 80.4 cm³/mol. The molecule has 0 amide bonds. The lowest BCUT2D eigenvalue weighted by atomic mass is 10.3. The van der Waals surface area contributed by atoms with Crippen molar-refractivity contribution in [3.8, 4) is 0 Å². The highest BCUT2D eigenvalue weighted by Crippen LogP contribution is 2.34. The third-order valence-electron chi connectivity index (χ3n) is 2.74. The molecule has 0 saturated heterocycles. The zero-order chi connectivity index (χ0) is 16.3. The van der Waals surface area contributed by atoms with E-state index >= 15 is 0 Å². The number of anilines is 1. The van der Waals surface area contributed by atoms with Gasteiger partial charge in [0, 0.05) is 0 Å². The first kappa shape index (κ1) is 17.1. The van der Waals surface area contributed by atoms with Crippen molar-refractivity contribution < 1.29 is 24.2 Å². The van der Waals surface area contributed by atoms with Gasteiger partial charge in [0.25, 0.3) is 0 Å². The number of aliphatic hydroxyl groups excluding tert-OH is 1. The lowest BCUT2D eigenvalue weighted by Crippen LogP contribution is -2.24. The van der Waals surface area contributed by atoms with E-state index < -0.39 is 26.7 Å². The Labute approximate surface area is 129 Å². The summed E-state index contributed by atoms with van der Waals surface area (Å²) in [5, 5.41) is 9.75. The molecule has 2 aromatic heterocycles. The Morgan fingerprint density at radius 1 is 1.50 bits per heavy atom. The van der Waals surface area contributed by atoms with Crippen molar-refractivity contribution in [1.29, 1.82) is 0 Å². The monoisotopic (exact) mass is 349 g/mol. The predicted octanol–water partition coefficient (Wildman–Crippen LogP) is -0.357. The Morgan fingerprint density at radius 3 is 2.82 bits per heavy atom. The number of thioether (sulfide) groups is 1. The number of imidazole rings is 1. The van der Waals surface area contributed by atoms with E-state index in [9.17, 15) is 9.67 Å². The Hall–Kier alpha value is -1.23. The standard InChI is InChI=1S/C10H16N5O5PS/c1-22-10-13-8(11)7-9(14-10)15(4-12-7)2-6(3-16)20-5-21(17,18)19/h4,6,16H,2-3,5H2,1H3,(H2,11,13,14)(H2,17,18,19)/t6-/m0/s1. The normalized spacial score (nSPS) is 13.6. The van der Waals surface area contributed by atoms with Crippen molar-refractivity contribution in [2.24, 2.45) is 0 Å². The van der Waals surface area contributed by atoms with Crippen molar-refractivity contribution in [2.75, 3.05) is 24.9 Å². The van der Waals surface area contributed by atoms with Gasteiger partial charge in [-0.15, -0.1) is 0 Å². The van der Waals surface area contributed by atoms with Gasteiger partial charge in [-0.25, -0.2) is 15.0 Å². The molecule has 2 rings (SSSR count). The van der Waals surface area contributed by atoms with E-state index in [0.717, 1.165) is 0 Å². The molecular weight excluding hydrogens is 333 g/mol. The van der Waals surface area contributed by atoms with Crippen LogP contribution in [-0.4, -0.2) is 59.7 Å². The Morgan fingerprint density at radius 2 is 2.23 bits per heavy atom. The molecule has 0 fully saturated rings. The molecule has 0 radical (unpaired) electrons.